The Bertz CT molecular complexity index is 1080. The average Bonchev–Trinajstić information content (AvgIpc) is 3.47. The van der Waals surface area contributed by atoms with E-state index in [1.807, 2.05) is 30.0 Å². The molecule has 198 valence electrons. The normalized spacial score (nSPS) is 15.6. The van der Waals surface area contributed by atoms with Crippen LogP contribution in [0.5, 0.6) is 5.75 Å². The monoisotopic (exact) mass is 519 g/mol. The minimum Gasteiger partial charge on any atom is -0.485 e. The maximum atomic E-state index is 12.8. The molecule has 0 radical (unpaired) electrons. The molecule has 5 nitrogen and oxygen atoms in total. The number of piperidine rings is 1. The molecule has 4 rings (SSSR count). The number of ether oxygens (including phenoxy) is 1. The second kappa shape index (κ2) is 13.8. The molecule has 1 aromatic heterocycles. The van der Waals surface area contributed by atoms with E-state index in [9.17, 15) is 4.79 Å². The van der Waals surface area contributed by atoms with Gasteiger partial charge in [-0.15, -0.1) is 11.3 Å². The zero-order valence-corrected chi connectivity index (χ0v) is 23.3. The van der Waals surface area contributed by atoms with Gasteiger partial charge < -0.3 is 19.4 Å². The number of benzene rings is 2. The van der Waals surface area contributed by atoms with Crippen molar-refractivity contribution in [1.29, 1.82) is 0 Å². The van der Waals surface area contributed by atoms with Crippen molar-refractivity contribution in [2.75, 3.05) is 45.2 Å². The molecule has 1 aliphatic rings. The lowest BCUT2D eigenvalue weighted by Crippen LogP contribution is -2.47. The number of carbonyl (C=O) groups is 1. The summed E-state index contributed by atoms with van der Waals surface area (Å²) in [5.41, 5.74) is 2.29. The SMILES string of the molecule is CCC(=O)N(c1ccccc1)C1CCN(CCc2ccccc2OC(CCN(C)C)c2cccs2)CC1. The van der Waals surface area contributed by atoms with Crippen molar-refractivity contribution in [3.63, 3.8) is 0 Å². The summed E-state index contributed by atoms with van der Waals surface area (Å²) in [6.45, 7) is 5.96. The Balaban J connectivity index is 1.35. The molecule has 1 atom stereocenters. The standard InChI is InChI=1S/C31H41N3O2S/c1-4-31(35)34(26-12-6-5-7-13-26)27-17-22-33(23-18-27)21-16-25-11-8-9-14-28(25)36-29(19-20-32(2)3)30-15-10-24-37-30/h5-15,24,27,29H,4,16-23H2,1-3H3. The number of amides is 1. The second-order valence-electron chi connectivity index (χ2n) is 10.1. The van der Waals surface area contributed by atoms with Crippen LogP contribution >= 0.6 is 11.3 Å². The van der Waals surface area contributed by atoms with Crippen molar-refractivity contribution in [3.8, 4) is 5.75 Å². The van der Waals surface area contributed by atoms with Crippen LogP contribution in [0.1, 0.15) is 49.2 Å². The fourth-order valence-electron chi connectivity index (χ4n) is 5.08. The maximum Gasteiger partial charge on any atom is 0.226 e. The summed E-state index contributed by atoms with van der Waals surface area (Å²) in [5.74, 6) is 1.21. The molecular weight excluding hydrogens is 478 g/mol. The highest BCUT2D eigenvalue weighted by atomic mass is 32.1. The Morgan fingerprint density at radius 1 is 1.03 bits per heavy atom. The summed E-state index contributed by atoms with van der Waals surface area (Å²) in [4.78, 5) is 20.9. The average molecular weight is 520 g/mol. The number of para-hydroxylation sites is 2. The topological polar surface area (TPSA) is 36.0 Å². The molecular formula is C31H41N3O2S. The molecule has 37 heavy (non-hydrogen) atoms. The van der Waals surface area contributed by atoms with Crippen LogP contribution in [0.15, 0.2) is 72.1 Å². The van der Waals surface area contributed by atoms with Crippen LogP contribution in [0.4, 0.5) is 5.69 Å². The summed E-state index contributed by atoms with van der Waals surface area (Å²) in [6.07, 6.45) is 4.53. The van der Waals surface area contributed by atoms with Crippen LogP contribution < -0.4 is 9.64 Å². The molecule has 1 fully saturated rings. The lowest BCUT2D eigenvalue weighted by Gasteiger charge is -2.38. The fraction of sp³-hybridized carbons (Fsp3) is 0.452. The summed E-state index contributed by atoms with van der Waals surface area (Å²) >= 11 is 1.77. The van der Waals surface area contributed by atoms with Gasteiger partial charge in [0, 0.05) is 55.6 Å². The number of hydrogen-bond acceptors (Lipinski definition) is 5. The Morgan fingerprint density at radius 2 is 1.76 bits per heavy atom. The number of nitrogens with zero attached hydrogens (tertiary/aromatic N) is 3. The molecule has 6 heteroatoms. The van der Waals surface area contributed by atoms with Gasteiger partial charge in [-0.1, -0.05) is 49.4 Å². The summed E-state index contributed by atoms with van der Waals surface area (Å²) in [7, 11) is 4.22. The summed E-state index contributed by atoms with van der Waals surface area (Å²) < 4.78 is 6.64. The van der Waals surface area contributed by atoms with Crippen molar-refractivity contribution in [1.82, 2.24) is 9.80 Å². The van der Waals surface area contributed by atoms with Crippen molar-refractivity contribution < 1.29 is 9.53 Å². The molecule has 1 unspecified atom stereocenters. The smallest absolute Gasteiger partial charge is 0.226 e. The van der Waals surface area contributed by atoms with E-state index in [2.05, 4.69) is 77.8 Å². The number of hydrogen-bond donors (Lipinski definition) is 0. The first kappa shape index (κ1) is 27.4. The molecule has 3 aromatic rings. The van der Waals surface area contributed by atoms with E-state index in [1.54, 1.807) is 11.3 Å². The number of rotatable bonds is 12. The van der Waals surface area contributed by atoms with Gasteiger partial charge in [-0.3, -0.25) is 4.79 Å². The van der Waals surface area contributed by atoms with Gasteiger partial charge in [-0.05, 0) is 68.6 Å². The first-order valence-electron chi connectivity index (χ1n) is 13.6. The van der Waals surface area contributed by atoms with Crippen molar-refractivity contribution in [3.05, 3.63) is 82.6 Å². The number of thiophene rings is 1. The zero-order valence-electron chi connectivity index (χ0n) is 22.5. The number of likely N-dealkylation sites (tertiary alicyclic amines) is 1. The third-order valence-corrected chi connectivity index (χ3v) is 8.13. The predicted molar refractivity (Wildman–Crippen MR) is 155 cm³/mol. The van der Waals surface area contributed by atoms with Gasteiger partial charge in [0.15, 0.2) is 0 Å². The predicted octanol–water partition coefficient (Wildman–Crippen LogP) is 6.27. The minimum atomic E-state index is 0.0689. The quantitative estimate of drug-likeness (QED) is 0.283. The van der Waals surface area contributed by atoms with Crippen molar-refractivity contribution in [2.24, 2.45) is 0 Å². The molecule has 1 amide bonds. The molecule has 0 bridgehead atoms. The first-order chi connectivity index (χ1) is 18.0. The van der Waals surface area contributed by atoms with Crippen LogP contribution in [0.3, 0.4) is 0 Å². The molecule has 1 aliphatic heterocycles. The Morgan fingerprint density at radius 3 is 2.43 bits per heavy atom. The zero-order chi connectivity index (χ0) is 26.0. The van der Waals surface area contributed by atoms with E-state index in [-0.39, 0.29) is 18.1 Å². The lowest BCUT2D eigenvalue weighted by molar-refractivity contribution is -0.119. The van der Waals surface area contributed by atoms with E-state index in [0.29, 0.717) is 6.42 Å². The van der Waals surface area contributed by atoms with Gasteiger partial charge >= 0.3 is 0 Å². The highest BCUT2D eigenvalue weighted by Gasteiger charge is 2.28. The van der Waals surface area contributed by atoms with Crippen LogP contribution in [-0.2, 0) is 11.2 Å². The highest BCUT2D eigenvalue weighted by Crippen LogP contribution is 2.31. The van der Waals surface area contributed by atoms with Crippen molar-refractivity contribution in [2.45, 2.75) is 51.2 Å². The number of anilines is 1. The molecule has 0 aliphatic carbocycles. The van der Waals surface area contributed by atoms with Gasteiger partial charge in [0.25, 0.3) is 0 Å². The highest BCUT2D eigenvalue weighted by molar-refractivity contribution is 7.10. The van der Waals surface area contributed by atoms with Gasteiger partial charge in [0.1, 0.15) is 11.9 Å². The third-order valence-electron chi connectivity index (χ3n) is 7.17. The minimum absolute atomic E-state index is 0.0689. The van der Waals surface area contributed by atoms with Crippen LogP contribution in [0.2, 0.25) is 0 Å². The van der Waals surface area contributed by atoms with Gasteiger partial charge in [0.2, 0.25) is 5.91 Å². The largest absolute Gasteiger partial charge is 0.485 e. The maximum absolute atomic E-state index is 12.8. The Hall–Kier alpha value is -2.67. The van der Waals surface area contributed by atoms with Gasteiger partial charge in [-0.25, -0.2) is 0 Å². The fourth-order valence-corrected chi connectivity index (χ4v) is 5.87. The molecule has 2 heterocycles. The van der Waals surface area contributed by atoms with E-state index >= 15 is 0 Å². The summed E-state index contributed by atoms with van der Waals surface area (Å²) in [6, 6.07) is 23.2. The van der Waals surface area contributed by atoms with Crippen LogP contribution in [0, 0.1) is 0 Å². The molecule has 2 aromatic carbocycles. The molecule has 0 N–H and O–H groups in total. The molecule has 1 saturated heterocycles. The molecule has 0 saturated carbocycles. The van der Waals surface area contributed by atoms with E-state index < -0.39 is 0 Å². The van der Waals surface area contributed by atoms with E-state index in [0.717, 1.165) is 63.3 Å². The number of carbonyl (C=O) groups excluding carboxylic acids is 1. The van der Waals surface area contributed by atoms with Crippen molar-refractivity contribution >= 4 is 22.9 Å². The third kappa shape index (κ3) is 7.67. The Kier molecular flexibility index (Phi) is 10.2. The van der Waals surface area contributed by atoms with Gasteiger partial charge in [-0.2, -0.15) is 0 Å². The lowest BCUT2D eigenvalue weighted by atomic mass is 10.0. The van der Waals surface area contributed by atoms with E-state index in [1.165, 1.54) is 10.4 Å². The molecule has 0 spiro atoms. The summed E-state index contributed by atoms with van der Waals surface area (Å²) in [5, 5.41) is 2.13. The first-order valence-corrected chi connectivity index (χ1v) is 14.4. The van der Waals surface area contributed by atoms with Gasteiger partial charge in [0.05, 0.1) is 0 Å². The Labute approximate surface area is 226 Å². The van der Waals surface area contributed by atoms with E-state index in [4.69, 9.17) is 4.74 Å². The second-order valence-corrected chi connectivity index (χ2v) is 11.1. The van der Waals surface area contributed by atoms with Crippen LogP contribution in [0.25, 0.3) is 0 Å². The van der Waals surface area contributed by atoms with Crippen LogP contribution in [-0.4, -0.2) is 62.0 Å².